The molecule has 3 N–H and O–H groups in total. The van der Waals surface area contributed by atoms with E-state index in [4.69, 9.17) is 10.5 Å². The van der Waals surface area contributed by atoms with Crippen LogP contribution in [0.2, 0.25) is 0 Å². The molecule has 1 aliphatic heterocycles. The molecule has 2 unspecified atom stereocenters. The largest absolute Gasteiger partial charge is 0.378 e. The monoisotopic (exact) mass is 501 g/mol. The second-order valence-electron chi connectivity index (χ2n) is 9.93. The van der Waals surface area contributed by atoms with Crippen LogP contribution in [0, 0.1) is 5.92 Å². The molecule has 4 amide bonds. The van der Waals surface area contributed by atoms with Crippen LogP contribution in [0.5, 0.6) is 0 Å². The molecular formula is C26H39N5O5. The molecule has 1 aromatic carbocycles. The lowest BCUT2D eigenvalue weighted by molar-refractivity contribution is -0.146. The number of carbonyl (C=O) groups excluding carboxylic acids is 4. The Morgan fingerprint density at radius 3 is 2.33 bits per heavy atom. The minimum absolute atomic E-state index is 0.0183. The van der Waals surface area contributed by atoms with Gasteiger partial charge >= 0.3 is 0 Å². The molecule has 0 bridgehead atoms. The molecule has 1 heterocycles. The van der Waals surface area contributed by atoms with E-state index in [0.29, 0.717) is 17.9 Å². The van der Waals surface area contributed by atoms with Crippen LogP contribution in [0.1, 0.15) is 48.9 Å². The summed E-state index contributed by atoms with van der Waals surface area (Å²) in [6, 6.07) is 5.46. The summed E-state index contributed by atoms with van der Waals surface area (Å²) in [5, 5.41) is 2.79. The standard InChI is InChI=1S/C26H39N5O5/c1-29(2)20-11-9-19(10-12-20)26(35)30-13-14-31(23(32)17-36-3)22(16-30)25(34)28-21(24(27)33)15-18-7-5-4-6-8-18/h9-12,18,21-22H,4-8,13-17H2,1-3H3,(H2,27,33)(H,28,34). The number of benzene rings is 1. The summed E-state index contributed by atoms with van der Waals surface area (Å²) < 4.78 is 5.00. The summed E-state index contributed by atoms with van der Waals surface area (Å²) in [6.45, 7) is 0.315. The number of nitrogens with zero attached hydrogens (tertiary/aromatic N) is 3. The highest BCUT2D eigenvalue weighted by Gasteiger charge is 2.38. The van der Waals surface area contributed by atoms with Crippen LogP contribution >= 0.6 is 0 Å². The van der Waals surface area contributed by atoms with E-state index in [1.807, 2.05) is 31.1 Å². The zero-order valence-corrected chi connectivity index (χ0v) is 21.6. The molecule has 10 nitrogen and oxygen atoms in total. The van der Waals surface area contributed by atoms with Gasteiger partial charge in [-0.25, -0.2) is 0 Å². The number of rotatable bonds is 9. The fraction of sp³-hybridized carbons (Fsp3) is 0.615. The molecule has 36 heavy (non-hydrogen) atoms. The van der Waals surface area contributed by atoms with Crippen molar-refractivity contribution in [3.05, 3.63) is 29.8 Å². The zero-order chi connectivity index (χ0) is 26.2. The lowest BCUT2D eigenvalue weighted by Crippen LogP contribution is -2.63. The lowest BCUT2D eigenvalue weighted by atomic mass is 9.84. The number of nitrogens with two attached hydrogens (primary N) is 1. The van der Waals surface area contributed by atoms with E-state index in [1.54, 1.807) is 17.0 Å². The van der Waals surface area contributed by atoms with E-state index in [1.165, 1.54) is 18.4 Å². The van der Waals surface area contributed by atoms with E-state index in [2.05, 4.69) is 5.32 Å². The maximum atomic E-state index is 13.4. The highest BCUT2D eigenvalue weighted by Crippen LogP contribution is 2.27. The van der Waals surface area contributed by atoms with Gasteiger partial charge in [0.05, 0.1) is 6.54 Å². The first-order chi connectivity index (χ1) is 17.2. The van der Waals surface area contributed by atoms with Crippen molar-refractivity contribution >= 4 is 29.3 Å². The number of hydrogen-bond donors (Lipinski definition) is 2. The van der Waals surface area contributed by atoms with Crippen LogP contribution in [0.15, 0.2) is 24.3 Å². The molecule has 2 atom stereocenters. The Balaban J connectivity index is 1.75. The summed E-state index contributed by atoms with van der Waals surface area (Å²) in [4.78, 5) is 56.5. The topological polar surface area (TPSA) is 125 Å². The van der Waals surface area contributed by atoms with Crippen molar-refractivity contribution < 1.29 is 23.9 Å². The molecule has 1 aliphatic carbocycles. The van der Waals surface area contributed by atoms with Gasteiger partial charge in [-0.2, -0.15) is 0 Å². The van der Waals surface area contributed by atoms with Gasteiger partial charge in [-0.1, -0.05) is 32.1 Å². The van der Waals surface area contributed by atoms with Crippen molar-refractivity contribution in [2.75, 3.05) is 52.3 Å². The van der Waals surface area contributed by atoms with Gasteiger partial charge in [0.15, 0.2) is 0 Å². The van der Waals surface area contributed by atoms with E-state index >= 15 is 0 Å². The Morgan fingerprint density at radius 2 is 1.75 bits per heavy atom. The highest BCUT2D eigenvalue weighted by molar-refractivity contribution is 5.96. The molecule has 198 valence electrons. The first kappa shape index (κ1) is 27.4. The van der Waals surface area contributed by atoms with Crippen molar-refractivity contribution in [3.8, 4) is 0 Å². The Labute approximate surface area is 213 Å². The number of anilines is 1. The number of carbonyl (C=O) groups is 4. The summed E-state index contributed by atoms with van der Waals surface area (Å²) >= 11 is 0. The van der Waals surface area contributed by atoms with E-state index in [-0.39, 0.29) is 38.1 Å². The fourth-order valence-electron chi connectivity index (χ4n) is 5.05. The SMILES string of the molecule is COCC(=O)N1CCN(C(=O)c2ccc(N(C)C)cc2)CC1C(=O)NC(CC1CCCCC1)C(N)=O. The molecule has 3 rings (SSSR count). The van der Waals surface area contributed by atoms with E-state index in [9.17, 15) is 19.2 Å². The summed E-state index contributed by atoms with van der Waals surface area (Å²) in [6.07, 6.45) is 5.91. The third-order valence-corrected chi connectivity index (χ3v) is 7.14. The van der Waals surface area contributed by atoms with Crippen molar-refractivity contribution in [2.24, 2.45) is 11.7 Å². The summed E-state index contributed by atoms with van der Waals surface area (Å²) in [7, 11) is 5.26. The number of amides is 4. The second kappa shape index (κ2) is 12.7. The van der Waals surface area contributed by atoms with Crippen LogP contribution in [0.4, 0.5) is 5.69 Å². The zero-order valence-electron chi connectivity index (χ0n) is 21.6. The molecular weight excluding hydrogens is 462 g/mol. The molecule has 2 aliphatic rings. The van der Waals surface area contributed by atoms with E-state index in [0.717, 1.165) is 31.4 Å². The molecule has 2 fully saturated rings. The van der Waals surface area contributed by atoms with Crippen LogP contribution in [0.3, 0.4) is 0 Å². The Hall–Kier alpha value is -3.14. The normalized spacial score (nSPS) is 19.5. The Kier molecular flexibility index (Phi) is 9.69. The number of nitrogens with one attached hydrogen (secondary N) is 1. The summed E-state index contributed by atoms with van der Waals surface area (Å²) in [5.41, 5.74) is 7.11. The van der Waals surface area contributed by atoms with Gasteiger partial charge in [-0.15, -0.1) is 0 Å². The average Bonchev–Trinajstić information content (AvgIpc) is 2.88. The minimum Gasteiger partial charge on any atom is -0.378 e. The van der Waals surface area contributed by atoms with Crippen molar-refractivity contribution in [1.29, 1.82) is 0 Å². The number of hydrogen-bond acceptors (Lipinski definition) is 6. The predicted octanol–water partition coefficient (Wildman–Crippen LogP) is 0.993. The molecule has 1 saturated heterocycles. The van der Waals surface area contributed by atoms with Crippen molar-refractivity contribution in [2.45, 2.75) is 50.6 Å². The molecule has 0 spiro atoms. The van der Waals surface area contributed by atoms with Gasteiger partial charge in [0, 0.05) is 45.5 Å². The second-order valence-corrected chi connectivity index (χ2v) is 9.93. The highest BCUT2D eigenvalue weighted by atomic mass is 16.5. The van der Waals surface area contributed by atoms with Gasteiger partial charge < -0.3 is 30.5 Å². The van der Waals surface area contributed by atoms with Gasteiger partial charge in [-0.3, -0.25) is 19.2 Å². The maximum Gasteiger partial charge on any atom is 0.254 e. The first-order valence-corrected chi connectivity index (χ1v) is 12.7. The van der Waals surface area contributed by atoms with Crippen LogP contribution in [0.25, 0.3) is 0 Å². The number of methoxy groups -OCH3 is 1. The average molecular weight is 502 g/mol. The number of primary amides is 1. The lowest BCUT2D eigenvalue weighted by Gasteiger charge is -2.41. The molecule has 1 saturated carbocycles. The molecule has 1 aromatic rings. The number of ether oxygens (including phenoxy) is 1. The molecule has 10 heteroatoms. The van der Waals surface area contributed by atoms with Crippen LogP contribution < -0.4 is 16.0 Å². The van der Waals surface area contributed by atoms with Gasteiger partial charge in [0.2, 0.25) is 17.7 Å². The Morgan fingerprint density at radius 1 is 1.08 bits per heavy atom. The summed E-state index contributed by atoms with van der Waals surface area (Å²) in [5.74, 6) is -1.31. The van der Waals surface area contributed by atoms with Gasteiger partial charge in [0.1, 0.15) is 18.7 Å². The molecule has 0 radical (unpaired) electrons. The quantitative estimate of drug-likeness (QED) is 0.520. The fourth-order valence-corrected chi connectivity index (χ4v) is 5.05. The minimum atomic E-state index is -0.945. The van der Waals surface area contributed by atoms with E-state index < -0.39 is 23.9 Å². The van der Waals surface area contributed by atoms with Crippen molar-refractivity contribution in [1.82, 2.24) is 15.1 Å². The number of piperazine rings is 1. The third kappa shape index (κ3) is 6.96. The predicted molar refractivity (Wildman–Crippen MR) is 136 cm³/mol. The smallest absolute Gasteiger partial charge is 0.254 e. The van der Waals surface area contributed by atoms with Crippen molar-refractivity contribution in [3.63, 3.8) is 0 Å². The van der Waals surface area contributed by atoms with Crippen LogP contribution in [-0.2, 0) is 19.1 Å². The van der Waals surface area contributed by atoms with Crippen LogP contribution in [-0.4, -0.2) is 93.0 Å². The van der Waals surface area contributed by atoms with Gasteiger partial charge in [-0.05, 0) is 36.6 Å². The maximum absolute atomic E-state index is 13.4. The molecule has 0 aromatic heterocycles. The first-order valence-electron chi connectivity index (χ1n) is 12.7. The Bertz CT molecular complexity index is 929. The van der Waals surface area contributed by atoms with Gasteiger partial charge in [0.25, 0.3) is 5.91 Å². The third-order valence-electron chi connectivity index (χ3n) is 7.14.